The highest BCUT2D eigenvalue weighted by molar-refractivity contribution is 5.78. The Morgan fingerprint density at radius 1 is 0.905 bits per heavy atom. The van der Waals surface area contributed by atoms with Crippen LogP contribution in [0.25, 0.3) is 0 Å². The van der Waals surface area contributed by atoms with Gasteiger partial charge in [-0.25, -0.2) is 0 Å². The van der Waals surface area contributed by atoms with E-state index in [1.165, 1.54) is 32.1 Å². The Balaban J connectivity index is 1.35. The summed E-state index contributed by atoms with van der Waals surface area (Å²) in [6.07, 6.45) is 6.56. The zero-order chi connectivity index (χ0) is 14.5. The summed E-state index contributed by atoms with van der Waals surface area (Å²) in [6, 6.07) is 0. The third-order valence-corrected chi connectivity index (χ3v) is 5.02. The Morgan fingerprint density at radius 2 is 1.62 bits per heavy atom. The van der Waals surface area contributed by atoms with Crippen LogP contribution in [-0.2, 0) is 9.53 Å². The van der Waals surface area contributed by atoms with Crippen LogP contribution in [0, 0.1) is 0 Å². The lowest BCUT2D eigenvalue weighted by Gasteiger charge is -2.37. The van der Waals surface area contributed by atoms with E-state index in [9.17, 15) is 4.79 Å². The molecule has 0 aromatic carbocycles. The second-order valence-electron chi connectivity index (χ2n) is 6.65. The van der Waals surface area contributed by atoms with Crippen LogP contribution in [0.1, 0.15) is 32.1 Å². The third-order valence-electron chi connectivity index (χ3n) is 5.02. The minimum absolute atomic E-state index is 0.330. The van der Waals surface area contributed by atoms with E-state index in [0.29, 0.717) is 18.6 Å². The number of nitrogens with zero attached hydrogens (tertiary/aromatic N) is 3. The Morgan fingerprint density at radius 3 is 2.29 bits per heavy atom. The van der Waals surface area contributed by atoms with Crippen molar-refractivity contribution in [3.8, 4) is 0 Å². The van der Waals surface area contributed by atoms with E-state index in [1.807, 2.05) is 4.90 Å². The monoisotopic (exact) mass is 295 g/mol. The van der Waals surface area contributed by atoms with Crippen molar-refractivity contribution in [2.24, 2.45) is 0 Å². The highest BCUT2D eigenvalue weighted by Gasteiger charge is 2.25. The Kier molecular flexibility index (Phi) is 5.49. The third kappa shape index (κ3) is 4.41. The van der Waals surface area contributed by atoms with Gasteiger partial charge < -0.3 is 9.64 Å². The summed E-state index contributed by atoms with van der Waals surface area (Å²) >= 11 is 0. The minimum atomic E-state index is 0.330. The first-order valence-electron chi connectivity index (χ1n) is 8.65. The molecule has 120 valence electrons. The van der Waals surface area contributed by atoms with Crippen molar-refractivity contribution in [1.82, 2.24) is 14.7 Å². The molecule has 5 nitrogen and oxygen atoms in total. The van der Waals surface area contributed by atoms with Gasteiger partial charge in [-0.1, -0.05) is 0 Å². The van der Waals surface area contributed by atoms with E-state index >= 15 is 0 Å². The number of likely N-dealkylation sites (tertiary alicyclic amines) is 1. The van der Waals surface area contributed by atoms with Gasteiger partial charge in [0, 0.05) is 52.4 Å². The lowest BCUT2D eigenvalue weighted by molar-refractivity contribution is -0.131. The van der Waals surface area contributed by atoms with Crippen molar-refractivity contribution < 1.29 is 9.53 Å². The molecule has 1 unspecified atom stereocenters. The van der Waals surface area contributed by atoms with Gasteiger partial charge in [-0.15, -0.1) is 0 Å². The van der Waals surface area contributed by atoms with Crippen LogP contribution in [0.2, 0.25) is 0 Å². The van der Waals surface area contributed by atoms with E-state index in [4.69, 9.17) is 4.74 Å². The van der Waals surface area contributed by atoms with E-state index < -0.39 is 0 Å². The molecule has 0 aliphatic carbocycles. The second kappa shape index (κ2) is 7.56. The molecule has 3 aliphatic heterocycles. The van der Waals surface area contributed by atoms with Crippen molar-refractivity contribution in [2.75, 3.05) is 59.0 Å². The molecule has 3 rings (SSSR count). The molecule has 3 fully saturated rings. The van der Waals surface area contributed by atoms with Gasteiger partial charge in [-0.2, -0.15) is 0 Å². The van der Waals surface area contributed by atoms with Gasteiger partial charge in [0.05, 0.1) is 12.6 Å². The zero-order valence-electron chi connectivity index (χ0n) is 13.1. The maximum absolute atomic E-state index is 12.2. The number of hydrogen-bond donors (Lipinski definition) is 0. The van der Waals surface area contributed by atoms with Gasteiger partial charge in [0.15, 0.2) is 0 Å². The molecule has 0 spiro atoms. The maximum atomic E-state index is 12.2. The van der Waals surface area contributed by atoms with Gasteiger partial charge in [0.2, 0.25) is 5.91 Å². The Hall–Kier alpha value is -0.650. The SMILES string of the molecule is O=C(CN1CCN(CC2CCCCO2)CC1)N1CCCC1. The summed E-state index contributed by atoms with van der Waals surface area (Å²) in [5.41, 5.74) is 0. The summed E-state index contributed by atoms with van der Waals surface area (Å²) in [5.74, 6) is 0.330. The summed E-state index contributed by atoms with van der Waals surface area (Å²) in [5, 5.41) is 0. The molecule has 0 aromatic heterocycles. The van der Waals surface area contributed by atoms with Crippen LogP contribution < -0.4 is 0 Å². The molecule has 3 heterocycles. The predicted octanol–water partition coefficient (Wildman–Crippen LogP) is 0.796. The smallest absolute Gasteiger partial charge is 0.236 e. The first kappa shape index (κ1) is 15.3. The van der Waals surface area contributed by atoms with Crippen molar-refractivity contribution >= 4 is 5.91 Å². The summed E-state index contributed by atoms with van der Waals surface area (Å²) in [7, 11) is 0. The van der Waals surface area contributed by atoms with Crippen molar-refractivity contribution in [1.29, 1.82) is 0 Å². The number of carbonyl (C=O) groups is 1. The van der Waals surface area contributed by atoms with Gasteiger partial charge in [0.25, 0.3) is 0 Å². The average Bonchev–Trinajstić information content (AvgIpc) is 3.05. The average molecular weight is 295 g/mol. The van der Waals surface area contributed by atoms with Crippen LogP contribution in [0.3, 0.4) is 0 Å². The van der Waals surface area contributed by atoms with Crippen LogP contribution in [0.15, 0.2) is 0 Å². The van der Waals surface area contributed by atoms with E-state index in [0.717, 1.165) is 52.4 Å². The molecule has 3 saturated heterocycles. The molecule has 21 heavy (non-hydrogen) atoms. The highest BCUT2D eigenvalue weighted by Crippen LogP contribution is 2.15. The topological polar surface area (TPSA) is 36.0 Å². The predicted molar refractivity (Wildman–Crippen MR) is 82.3 cm³/mol. The number of carbonyl (C=O) groups excluding carboxylic acids is 1. The fourth-order valence-corrected chi connectivity index (χ4v) is 3.63. The fraction of sp³-hybridized carbons (Fsp3) is 0.938. The van der Waals surface area contributed by atoms with Crippen LogP contribution >= 0.6 is 0 Å². The Bertz CT molecular complexity index is 330. The first-order chi connectivity index (χ1) is 10.3. The van der Waals surface area contributed by atoms with E-state index in [-0.39, 0.29) is 0 Å². The molecule has 3 aliphatic rings. The quantitative estimate of drug-likeness (QED) is 0.768. The van der Waals surface area contributed by atoms with E-state index in [2.05, 4.69) is 9.80 Å². The first-order valence-corrected chi connectivity index (χ1v) is 8.65. The molecule has 0 saturated carbocycles. The van der Waals surface area contributed by atoms with Crippen molar-refractivity contribution in [3.05, 3.63) is 0 Å². The molecule has 1 amide bonds. The van der Waals surface area contributed by atoms with Gasteiger partial charge in [-0.3, -0.25) is 14.6 Å². The van der Waals surface area contributed by atoms with Crippen molar-refractivity contribution in [3.63, 3.8) is 0 Å². The number of amides is 1. The molecule has 1 atom stereocenters. The normalized spacial score (nSPS) is 29.0. The van der Waals surface area contributed by atoms with Gasteiger partial charge in [-0.05, 0) is 32.1 Å². The summed E-state index contributed by atoms with van der Waals surface area (Å²) in [4.78, 5) is 19.0. The number of ether oxygens (including phenoxy) is 1. The molecular formula is C16H29N3O2. The molecular weight excluding hydrogens is 266 g/mol. The fourth-order valence-electron chi connectivity index (χ4n) is 3.63. The van der Waals surface area contributed by atoms with Gasteiger partial charge >= 0.3 is 0 Å². The minimum Gasteiger partial charge on any atom is -0.377 e. The lowest BCUT2D eigenvalue weighted by Crippen LogP contribution is -2.51. The number of piperazine rings is 1. The van der Waals surface area contributed by atoms with Crippen LogP contribution in [0.5, 0.6) is 0 Å². The largest absolute Gasteiger partial charge is 0.377 e. The lowest BCUT2D eigenvalue weighted by atomic mass is 10.1. The molecule has 0 bridgehead atoms. The summed E-state index contributed by atoms with van der Waals surface area (Å²) < 4.78 is 5.82. The highest BCUT2D eigenvalue weighted by atomic mass is 16.5. The standard InChI is InChI=1S/C16H29N3O2/c20-16(19-6-2-3-7-19)14-18-10-8-17(9-11-18)13-15-5-1-4-12-21-15/h15H,1-14H2. The van der Waals surface area contributed by atoms with E-state index in [1.54, 1.807) is 0 Å². The molecule has 5 heteroatoms. The van der Waals surface area contributed by atoms with Crippen LogP contribution in [-0.4, -0.2) is 85.7 Å². The molecule has 0 N–H and O–H groups in total. The maximum Gasteiger partial charge on any atom is 0.236 e. The second-order valence-corrected chi connectivity index (χ2v) is 6.65. The van der Waals surface area contributed by atoms with Crippen LogP contribution in [0.4, 0.5) is 0 Å². The molecule has 0 aromatic rings. The zero-order valence-corrected chi connectivity index (χ0v) is 13.1. The number of rotatable bonds is 4. The van der Waals surface area contributed by atoms with Gasteiger partial charge in [0.1, 0.15) is 0 Å². The van der Waals surface area contributed by atoms with Crippen molar-refractivity contribution in [2.45, 2.75) is 38.2 Å². The summed E-state index contributed by atoms with van der Waals surface area (Å²) in [6.45, 7) is 8.77. The Labute approximate surface area is 128 Å². The number of hydrogen-bond acceptors (Lipinski definition) is 4. The molecule has 0 radical (unpaired) electrons.